The van der Waals surface area contributed by atoms with Gasteiger partial charge in [0.05, 0.1) is 6.20 Å². The van der Waals surface area contributed by atoms with Gasteiger partial charge in [-0.3, -0.25) is 14.7 Å². The van der Waals surface area contributed by atoms with E-state index in [1.54, 1.807) is 0 Å². The molecule has 0 radical (unpaired) electrons. The number of nitrogens with zero attached hydrogens (tertiary/aromatic N) is 4. The summed E-state index contributed by atoms with van der Waals surface area (Å²) in [7, 11) is 1.95. The summed E-state index contributed by atoms with van der Waals surface area (Å²) in [5, 5.41) is 15.3. The Morgan fingerprint density at radius 1 is 1.26 bits per heavy atom. The van der Waals surface area contributed by atoms with E-state index in [4.69, 9.17) is 0 Å². The predicted molar refractivity (Wildman–Crippen MR) is 89.3 cm³/mol. The second-order valence-corrected chi connectivity index (χ2v) is 6.00. The van der Waals surface area contributed by atoms with E-state index in [1.165, 1.54) is 16.8 Å². The van der Waals surface area contributed by atoms with Crippen LogP contribution >= 0.6 is 0 Å². The van der Waals surface area contributed by atoms with Gasteiger partial charge in [-0.2, -0.15) is 10.2 Å². The van der Waals surface area contributed by atoms with Gasteiger partial charge in [0.2, 0.25) is 0 Å². The van der Waals surface area contributed by atoms with Crippen LogP contribution in [0.4, 0.5) is 11.5 Å². The standard InChI is InChI=1S/C17H20N6/c1-22-10-13(9-18-22)11-23-8-7-16-15(12-23)17(21-20-16)19-14-5-3-2-4-6-14/h2-6,9-10H,7-8,11-12H2,1H3,(H2,19,20,21). The fourth-order valence-electron chi connectivity index (χ4n) is 3.06. The highest BCUT2D eigenvalue weighted by Crippen LogP contribution is 2.27. The van der Waals surface area contributed by atoms with Crippen LogP contribution in [0, 0.1) is 0 Å². The monoisotopic (exact) mass is 308 g/mol. The fraction of sp³-hybridized carbons (Fsp3) is 0.294. The number of H-pyrrole nitrogens is 1. The van der Waals surface area contributed by atoms with Gasteiger partial charge in [0, 0.05) is 61.8 Å². The highest BCUT2D eigenvalue weighted by atomic mass is 15.3. The van der Waals surface area contributed by atoms with Crippen LogP contribution in [0.1, 0.15) is 16.8 Å². The van der Waals surface area contributed by atoms with Gasteiger partial charge in [-0.25, -0.2) is 0 Å². The molecular formula is C17H20N6. The predicted octanol–water partition coefficient (Wildman–Crippen LogP) is 2.45. The number of hydrogen-bond acceptors (Lipinski definition) is 4. The van der Waals surface area contributed by atoms with E-state index in [2.05, 4.69) is 43.8 Å². The molecule has 4 rings (SSSR count). The topological polar surface area (TPSA) is 61.8 Å². The minimum absolute atomic E-state index is 0.899. The molecule has 0 spiro atoms. The molecule has 0 amide bonds. The summed E-state index contributed by atoms with van der Waals surface area (Å²) in [6.07, 6.45) is 5.01. The summed E-state index contributed by atoms with van der Waals surface area (Å²) in [5.74, 6) is 0.932. The van der Waals surface area contributed by atoms with Crippen LogP contribution in [-0.2, 0) is 26.6 Å². The minimum atomic E-state index is 0.899. The lowest BCUT2D eigenvalue weighted by atomic mass is 10.1. The number of para-hydroxylation sites is 1. The number of aryl methyl sites for hydroxylation is 1. The Bertz CT molecular complexity index is 789. The molecule has 2 aromatic heterocycles. The van der Waals surface area contributed by atoms with Gasteiger partial charge in [-0.15, -0.1) is 0 Å². The highest BCUT2D eigenvalue weighted by Gasteiger charge is 2.22. The Balaban J connectivity index is 1.50. The van der Waals surface area contributed by atoms with E-state index in [1.807, 2.05) is 36.1 Å². The summed E-state index contributed by atoms with van der Waals surface area (Å²) in [6, 6.07) is 10.2. The lowest BCUT2D eigenvalue weighted by Crippen LogP contribution is -2.29. The van der Waals surface area contributed by atoms with Crippen LogP contribution < -0.4 is 5.32 Å². The summed E-state index contributed by atoms with van der Waals surface area (Å²) in [6.45, 7) is 2.86. The number of rotatable bonds is 4. The number of hydrogen-bond donors (Lipinski definition) is 2. The SMILES string of the molecule is Cn1cc(CN2CCc3[nH]nc(Nc4ccccc4)c3C2)cn1. The number of benzene rings is 1. The molecular weight excluding hydrogens is 288 g/mol. The lowest BCUT2D eigenvalue weighted by Gasteiger charge is -2.26. The van der Waals surface area contributed by atoms with Crippen LogP contribution in [-0.4, -0.2) is 31.4 Å². The number of anilines is 2. The first kappa shape index (κ1) is 14.0. The zero-order valence-electron chi connectivity index (χ0n) is 13.2. The van der Waals surface area contributed by atoms with Crippen LogP contribution in [0.15, 0.2) is 42.7 Å². The quantitative estimate of drug-likeness (QED) is 0.777. The van der Waals surface area contributed by atoms with Gasteiger partial charge in [-0.05, 0) is 12.1 Å². The molecule has 1 aliphatic rings. The first-order valence-electron chi connectivity index (χ1n) is 7.86. The molecule has 0 aliphatic carbocycles. The molecule has 0 bridgehead atoms. The van der Waals surface area contributed by atoms with Crippen molar-refractivity contribution in [2.75, 3.05) is 11.9 Å². The van der Waals surface area contributed by atoms with Crippen LogP contribution in [0.3, 0.4) is 0 Å². The molecule has 23 heavy (non-hydrogen) atoms. The molecule has 0 atom stereocenters. The Labute approximate surface area is 135 Å². The van der Waals surface area contributed by atoms with Gasteiger partial charge in [-0.1, -0.05) is 18.2 Å². The van der Waals surface area contributed by atoms with E-state index in [9.17, 15) is 0 Å². The van der Waals surface area contributed by atoms with Gasteiger partial charge < -0.3 is 5.32 Å². The van der Waals surface area contributed by atoms with Crippen molar-refractivity contribution >= 4 is 11.5 Å². The zero-order chi connectivity index (χ0) is 15.6. The molecule has 6 nitrogen and oxygen atoms in total. The molecule has 3 aromatic rings. The van der Waals surface area contributed by atoms with Crippen molar-refractivity contribution in [2.24, 2.45) is 7.05 Å². The van der Waals surface area contributed by atoms with Crippen LogP contribution in [0.2, 0.25) is 0 Å². The largest absolute Gasteiger partial charge is 0.338 e. The molecule has 3 heterocycles. The smallest absolute Gasteiger partial charge is 0.156 e. The molecule has 6 heteroatoms. The summed E-state index contributed by atoms with van der Waals surface area (Å²) >= 11 is 0. The maximum absolute atomic E-state index is 4.46. The third-order valence-corrected chi connectivity index (χ3v) is 4.21. The first-order chi connectivity index (χ1) is 11.3. The van der Waals surface area contributed by atoms with E-state index >= 15 is 0 Å². The summed E-state index contributed by atoms with van der Waals surface area (Å²) in [4.78, 5) is 2.44. The van der Waals surface area contributed by atoms with E-state index < -0.39 is 0 Å². The van der Waals surface area contributed by atoms with Gasteiger partial charge >= 0.3 is 0 Å². The summed E-state index contributed by atoms with van der Waals surface area (Å²) in [5.41, 5.74) is 4.82. The molecule has 1 aromatic carbocycles. The van der Waals surface area contributed by atoms with Crippen molar-refractivity contribution in [3.8, 4) is 0 Å². The molecule has 0 saturated heterocycles. The van der Waals surface area contributed by atoms with Gasteiger partial charge in [0.25, 0.3) is 0 Å². The van der Waals surface area contributed by atoms with Crippen LogP contribution in [0.5, 0.6) is 0 Å². The Kier molecular flexibility index (Phi) is 3.59. The average molecular weight is 308 g/mol. The molecule has 2 N–H and O–H groups in total. The number of nitrogens with one attached hydrogen (secondary N) is 2. The van der Waals surface area contributed by atoms with E-state index in [-0.39, 0.29) is 0 Å². The maximum Gasteiger partial charge on any atom is 0.156 e. The average Bonchev–Trinajstić information content (AvgIpc) is 3.15. The highest BCUT2D eigenvalue weighted by molar-refractivity contribution is 5.60. The Morgan fingerprint density at radius 3 is 2.91 bits per heavy atom. The minimum Gasteiger partial charge on any atom is -0.338 e. The Hall–Kier alpha value is -2.60. The molecule has 1 aliphatic heterocycles. The van der Waals surface area contributed by atoms with Crippen molar-refractivity contribution in [1.29, 1.82) is 0 Å². The third kappa shape index (κ3) is 2.98. The van der Waals surface area contributed by atoms with Crippen molar-refractivity contribution in [2.45, 2.75) is 19.5 Å². The molecule has 0 fully saturated rings. The Morgan fingerprint density at radius 2 is 2.13 bits per heavy atom. The maximum atomic E-state index is 4.46. The normalized spacial score (nSPS) is 14.7. The number of aromatic amines is 1. The molecule has 0 saturated carbocycles. The van der Waals surface area contributed by atoms with Gasteiger partial charge in [0.15, 0.2) is 5.82 Å². The first-order valence-corrected chi connectivity index (χ1v) is 7.86. The van der Waals surface area contributed by atoms with Crippen molar-refractivity contribution in [3.63, 3.8) is 0 Å². The second kappa shape index (κ2) is 5.89. The van der Waals surface area contributed by atoms with E-state index in [0.717, 1.165) is 37.6 Å². The third-order valence-electron chi connectivity index (χ3n) is 4.21. The second-order valence-electron chi connectivity index (χ2n) is 6.00. The number of fused-ring (bicyclic) bond motifs is 1. The van der Waals surface area contributed by atoms with Crippen molar-refractivity contribution in [3.05, 3.63) is 59.5 Å². The van der Waals surface area contributed by atoms with Crippen LogP contribution in [0.25, 0.3) is 0 Å². The van der Waals surface area contributed by atoms with Crippen molar-refractivity contribution in [1.82, 2.24) is 24.9 Å². The molecule has 0 unspecified atom stereocenters. The van der Waals surface area contributed by atoms with E-state index in [0.29, 0.717) is 0 Å². The van der Waals surface area contributed by atoms with Gasteiger partial charge in [0.1, 0.15) is 0 Å². The molecule has 118 valence electrons. The number of aromatic nitrogens is 4. The summed E-state index contributed by atoms with van der Waals surface area (Å²) < 4.78 is 1.85. The lowest BCUT2D eigenvalue weighted by molar-refractivity contribution is 0.245. The zero-order valence-corrected chi connectivity index (χ0v) is 13.2. The van der Waals surface area contributed by atoms with Crippen molar-refractivity contribution < 1.29 is 0 Å². The fourth-order valence-corrected chi connectivity index (χ4v) is 3.06.